The molecule has 10 heteroatoms. The fourth-order valence-corrected chi connectivity index (χ4v) is 3.92. The molecule has 0 aliphatic rings. The molecule has 0 aromatic heterocycles. The Hall–Kier alpha value is -2.59. The number of hydrogen-bond donors (Lipinski definition) is 5. The van der Waals surface area contributed by atoms with Gasteiger partial charge in [0.2, 0.25) is 17.7 Å². The molecule has 35 heavy (non-hydrogen) atoms. The number of hydrogen-bond acceptors (Lipinski definition) is 6. The van der Waals surface area contributed by atoms with Crippen LogP contribution >= 0.6 is 11.8 Å². The van der Waals surface area contributed by atoms with Crippen molar-refractivity contribution in [3.8, 4) is 0 Å². The molecule has 0 saturated carbocycles. The fraction of sp³-hybridized carbons (Fsp3) is 0.600. The summed E-state index contributed by atoms with van der Waals surface area (Å²) in [6.45, 7) is 6.01. The normalized spacial score (nSPS) is 13.5. The molecule has 196 valence electrons. The fourth-order valence-electron chi connectivity index (χ4n) is 3.44. The first-order chi connectivity index (χ1) is 16.6. The minimum atomic E-state index is -1.13. The summed E-state index contributed by atoms with van der Waals surface area (Å²) in [5.41, 5.74) is 1.05. The van der Waals surface area contributed by atoms with Crippen molar-refractivity contribution < 1.29 is 24.3 Å². The molecule has 0 saturated heterocycles. The minimum Gasteiger partial charge on any atom is -0.480 e. The SMILES string of the molecule is CSCC[C@H](NCc1ccccc1)C(=O)N[C@H](C(=O)N[C@@H](CCCCNC(C)=O)C(=O)O)C(C)C. The zero-order valence-corrected chi connectivity index (χ0v) is 22.0. The van der Waals surface area contributed by atoms with E-state index in [1.165, 1.54) is 6.92 Å². The monoisotopic (exact) mass is 508 g/mol. The van der Waals surface area contributed by atoms with Gasteiger partial charge in [0.25, 0.3) is 0 Å². The van der Waals surface area contributed by atoms with Crippen molar-refractivity contribution >= 4 is 35.5 Å². The largest absolute Gasteiger partial charge is 0.480 e. The van der Waals surface area contributed by atoms with Crippen LogP contribution in [0.2, 0.25) is 0 Å². The standard InChI is InChI=1S/C25H40N4O5S/c1-17(2)22(24(32)28-21(25(33)34)12-8-9-14-26-18(3)30)29-23(31)20(13-15-35-4)27-16-19-10-6-5-7-11-19/h5-7,10-11,17,20-22,27H,8-9,12-16H2,1-4H3,(H,26,30)(H,28,32)(H,29,31)(H,33,34)/t20-,21-,22-/m0/s1. The second-order valence-electron chi connectivity index (χ2n) is 8.81. The lowest BCUT2D eigenvalue weighted by Gasteiger charge is -2.26. The van der Waals surface area contributed by atoms with Gasteiger partial charge in [-0.05, 0) is 49.2 Å². The van der Waals surface area contributed by atoms with Gasteiger partial charge >= 0.3 is 5.97 Å². The molecule has 0 aliphatic heterocycles. The van der Waals surface area contributed by atoms with E-state index >= 15 is 0 Å². The van der Waals surface area contributed by atoms with Crippen LogP contribution in [0.3, 0.4) is 0 Å². The van der Waals surface area contributed by atoms with Crippen LogP contribution in [-0.2, 0) is 25.7 Å². The first kappa shape index (κ1) is 30.4. The lowest BCUT2D eigenvalue weighted by atomic mass is 10.0. The molecule has 3 amide bonds. The molecule has 5 N–H and O–H groups in total. The predicted octanol–water partition coefficient (Wildman–Crippen LogP) is 1.91. The first-order valence-corrected chi connectivity index (χ1v) is 13.4. The van der Waals surface area contributed by atoms with Crippen LogP contribution in [-0.4, -0.2) is 65.5 Å². The summed E-state index contributed by atoms with van der Waals surface area (Å²) in [5.74, 6) is -1.53. The molecule has 1 rings (SSSR count). The minimum absolute atomic E-state index is 0.141. The van der Waals surface area contributed by atoms with Gasteiger partial charge in [0.05, 0.1) is 6.04 Å². The quantitative estimate of drug-likeness (QED) is 0.203. The highest BCUT2D eigenvalue weighted by Crippen LogP contribution is 2.09. The molecule has 0 unspecified atom stereocenters. The van der Waals surface area contributed by atoms with Gasteiger partial charge in [-0.15, -0.1) is 0 Å². The number of thioether (sulfide) groups is 1. The zero-order chi connectivity index (χ0) is 26.2. The van der Waals surface area contributed by atoms with Crippen LogP contribution < -0.4 is 21.3 Å². The number of carboxylic acids is 1. The van der Waals surface area contributed by atoms with E-state index in [0.29, 0.717) is 32.4 Å². The highest BCUT2D eigenvalue weighted by atomic mass is 32.2. The van der Waals surface area contributed by atoms with E-state index in [9.17, 15) is 24.3 Å². The van der Waals surface area contributed by atoms with Crippen molar-refractivity contribution in [3.05, 3.63) is 35.9 Å². The van der Waals surface area contributed by atoms with Crippen LogP contribution in [0, 0.1) is 5.92 Å². The van der Waals surface area contributed by atoms with Crippen LogP contribution in [0.5, 0.6) is 0 Å². The smallest absolute Gasteiger partial charge is 0.326 e. The number of carboxylic acid groups (broad SMARTS) is 1. The van der Waals surface area contributed by atoms with Crippen molar-refractivity contribution in [3.63, 3.8) is 0 Å². The third-order valence-electron chi connectivity index (χ3n) is 5.48. The van der Waals surface area contributed by atoms with E-state index in [-0.39, 0.29) is 24.2 Å². The van der Waals surface area contributed by atoms with Gasteiger partial charge in [-0.25, -0.2) is 4.79 Å². The number of amides is 3. The predicted molar refractivity (Wildman–Crippen MR) is 139 cm³/mol. The van der Waals surface area contributed by atoms with Gasteiger partial charge in [-0.2, -0.15) is 11.8 Å². The Kier molecular flexibility index (Phi) is 14.7. The summed E-state index contributed by atoms with van der Waals surface area (Å²) >= 11 is 1.64. The summed E-state index contributed by atoms with van der Waals surface area (Å²) in [6.07, 6.45) is 3.93. The average molecular weight is 509 g/mol. The second-order valence-corrected chi connectivity index (χ2v) is 9.79. The average Bonchev–Trinajstić information content (AvgIpc) is 2.81. The molecular formula is C25H40N4O5S. The molecule has 0 fully saturated rings. The molecule has 0 bridgehead atoms. The number of rotatable bonds is 17. The Morgan fingerprint density at radius 2 is 1.63 bits per heavy atom. The molecule has 9 nitrogen and oxygen atoms in total. The maximum absolute atomic E-state index is 13.1. The van der Waals surface area contributed by atoms with E-state index in [1.807, 2.05) is 50.4 Å². The van der Waals surface area contributed by atoms with Gasteiger partial charge in [0, 0.05) is 20.0 Å². The van der Waals surface area contributed by atoms with Crippen LogP contribution in [0.25, 0.3) is 0 Å². The van der Waals surface area contributed by atoms with Crippen LogP contribution in [0.15, 0.2) is 30.3 Å². The van der Waals surface area contributed by atoms with Gasteiger partial charge in [-0.3, -0.25) is 14.4 Å². The first-order valence-electron chi connectivity index (χ1n) is 12.0. The topological polar surface area (TPSA) is 137 Å². The van der Waals surface area contributed by atoms with E-state index in [4.69, 9.17) is 0 Å². The summed E-state index contributed by atoms with van der Waals surface area (Å²) in [5, 5.41) is 20.9. The van der Waals surface area contributed by atoms with E-state index in [2.05, 4.69) is 21.3 Å². The Balaban J connectivity index is 2.75. The van der Waals surface area contributed by atoms with E-state index < -0.39 is 30.0 Å². The number of aliphatic carboxylic acids is 1. The Labute approximate surface area is 212 Å². The van der Waals surface area contributed by atoms with Gasteiger partial charge in [-0.1, -0.05) is 44.2 Å². The summed E-state index contributed by atoms with van der Waals surface area (Å²) in [6, 6.07) is 7.34. The Morgan fingerprint density at radius 1 is 0.943 bits per heavy atom. The van der Waals surface area contributed by atoms with Crippen molar-refractivity contribution in [1.82, 2.24) is 21.3 Å². The molecule has 0 aliphatic carbocycles. The molecule has 0 radical (unpaired) electrons. The molecule has 1 aromatic carbocycles. The molecular weight excluding hydrogens is 468 g/mol. The van der Waals surface area contributed by atoms with Crippen molar-refractivity contribution in [2.45, 2.75) is 71.1 Å². The van der Waals surface area contributed by atoms with Crippen LogP contribution in [0.4, 0.5) is 0 Å². The molecule has 3 atom stereocenters. The lowest BCUT2D eigenvalue weighted by molar-refractivity contribution is -0.142. The Morgan fingerprint density at radius 3 is 2.20 bits per heavy atom. The molecule has 0 heterocycles. The summed E-state index contributed by atoms with van der Waals surface area (Å²) in [7, 11) is 0. The molecule has 1 aromatic rings. The zero-order valence-electron chi connectivity index (χ0n) is 21.1. The maximum Gasteiger partial charge on any atom is 0.326 e. The Bertz CT molecular complexity index is 806. The van der Waals surface area contributed by atoms with Crippen molar-refractivity contribution in [1.29, 1.82) is 0 Å². The number of benzene rings is 1. The lowest BCUT2D eigenvalue weighted by Crippen LogP contribution is -2.57. The molecule has 0 spiro atoms. The summed E-state index contributed by atoms with van der Waals surface area (Å²) < 4.78 is 0. The van der Waals surface area contributed by atoms with Gasteiger partial charge in [0.1, 0.15) is 12.1 Å². The second kappa shape index (κ2) is 16.9. The number of nitrogens with one attached hydrogen (secondary N) is 4. The van der Waals surface area contributed by atoms with Gasteiger partial charge in [0.15, 0.2) is 0 Å². The van der Waals surface area contributed by atoms with Crippen molar-refractivity contribution in [2.24, 2.45) is 5.92 Å². The summed E-state index contributed by atoms with van der Waals surface area (Å²) in [4.78, 5) is 48.7. The number of carbonyl (C=O) groups is 4. The number of unbranched alkanes of at least 4 members (excludes halogenated alkanes) is 1. The van der Waals surface area contributed by atoms with E-state index in [1.54, 1.807) is 11.8 Å². The van der Waals surface area contributed by atoms with E-state index in [0.717, 1.165) is 11.3 Å². The highest BCUT2D eigenvalue weighted by Gasteiger charge is 2.30. The van der Waals surface area contributed by atoms with Gasteiger partial charge < -0.3 is 26.4 Å². The number of carbonyl (C=O) groups excluding carboxylic acids is 3. The highest BCUT2D eigenvalue weighted by molar-refractivity contribution is 7.98. The van der Waals surface area contributed by atoms with Crippen LogP contribution in [0.1, 0.15) is 52.0 Å². The third kappa shape index (κ3) is 12.6. The maximum atomic E-state index is 13.1. The third-order valence-corrected chi connectivity index (χ3v) is 6.12. The van der Waals surface area contributed by atoms with Crippen molar-refractivity contribution in [2.75, 3.05) is 18.6 Å².